The Hall–Kier alpha value is -0.900. The van der Waals surface area contributed by atoms with Crippen LogP contribution in [0, 0.1) is 17.8 Å². The van der Waals surface area contributed by atoms with Gasteiger partial charge in [-0.2, -0.15) is 0 Å². The van der Waals surface area contributed by atoms with Crippen LogP contribution >= 0.6 is 11.3 Å². The van der Waals surface area contributed by atoms with Gasteiger partial charge in [0, 0.05) is 4.70 Å². The summed E-state index contributed by atoms with van der Waals surface area (Å²) >= 11 is 1.83. The molecule has 1 heterocycles. The number of fused-ring (bicyclic) bond motifs is 1. The van der Waals surface area contributed by atoms with Crippen LogP contribution in [0.5, 0.6) is 0 Å². The van der Waals surface area contributed by atoms with Crippen LogP contribution in [0.1, 0.15) is 51.1 Å². The smallest absolute Gasteiger partial charge is 0.0502 e. The number of nitrogens with two attached hydrogens (primary N) is 1. The van der Waals surface area contributed by atoms with E-state index in [0.717, 1.165) is 11.8 Å². The number of hydrazine groups is 1. The van der Waals surface area contributed by atoms with Gasteiger partial charge < -0.3 is 0 Å². The van der Waals surface area contributed by atoms with E-state index in [9.17, 15) is 0 Å². The predicted octanol–water partition coefficient (Wildman–Crippen LogP) is 4.87. The molecule has 3 heteroatoms. The van der Waals surface area contributed by atoms with Crippen molar-refractivity contribution in [2.75, 3.05) is 0 Å². The molecule has 2 aromatic rings. The molecule has 1 aromatic heterocycles. The molecule has 0 bridgehead atoms. The maximum atomic E-state index is 5.94. The zero-order chi connectivity index (χ0) is 14.8. The van der Waals surface area contributed by atoms with Gasteiger partial charge in [-0.05, 0) is 65.8 Å². The Morgan fingerprint density at radius 2 is 1.81 bits per heavy atom. The lowest BCUT2D eigenvalue weighted by molar-refractivity contribution is 0.190. The first-order valence-electron chi connectivity index (χ1n) is 8.13. The summed E-state index contributed by atoms with van der Waals surface area (Å²) in [6, 6.07) is 9.10. The summed E-state index contributed by atoms with van der Waals surface area (Å²) in [6.45, 7) is 4.71. The van der Waals surface area contributed by atoms with Gasteiger partial charge in [-0.15, -0.1) is 11.3 Å². The first-order valence-corrected chi connectivity index (χ1v) is 9.01. The second-order valence-corrected chi connectivity index (χ2v) is 7.67. The molecule has 3 N–H and O–H groups in total. The molecule has 21 heavy (non-hydrogen) atoms. The monoisotopic (exact) mass is 302 g/mol. The molecule has 2 nitrogen and oxygen atoms in total. The first-order chi connectivity index (χ1) is 10.2. The van der Waals surface area contributed by atoms with Gasteiger partial charge in [0.15, 0.2) is 0 Å². The van der Waals surface area contributed by atoms with E-state index < -0.39 is 0 Å². The van der Waals surface area contributed by atoms with Gasteiger partial charge in [0.25, 0.3) is 0 Å². The Morgan fingerprint density at radius 1 is 1.10 bits per heavy atom. The van der Waals surface area contributed by atoms with Crippen molar-refractivity contribution < 1.29 is 0 Å². The van der Waals surface area contributed by atoms with Crippen molar-refractivity contribution in [1.82, 2.24) is 5.43 Å². The highest BCUT2D eigenvalue weighted by atomic mass is 32.1. The van der Waals surface area contributed by atoms with Crippen molar-refractivity contribution in [3.8, 4) is 0 Å². The Bertz CT molecular complexity index is 582. The van der Waals surface area contributed by atoms with Crippen molar-refractivity contribution in [3.05, 3.63) is 35.2 Å². The fourth-order valence-corrected chi connectivity index (χ4v) is 4.84. The van der Waals surface area contributed by atoms with Gasteiger partial charge in [-0.25, -0.2) is 0 Å². The molecule has 0 radical (unpaired) electrons. The highest BCUT2D eigenvalue weighted by Gasteiger charge is 2.30. The van der Waals surface area contributed by atoms with Crippen molar-refractivity contribution in [1.29, 1.82) is 0 Å². The van der Waals surface area contributed by atoms with Crippen LogP contribution in [-0.2, 0) is 0 Å². The quantitative estimate of drug-likeness (QED) is 0.624. The van der Waals surface area contributed by atoms with Gasteiger partial charge in [0.1, 0.15) is 0 Å². The molecule has 114 valence electrons. The fraction of sp³-hybridized carbons (Fsp3) is 0.556. The summed E-state index contributed by atoms with van der Waals surface area (Å²) in [5.41, 5.74) is 4.51. The number of benzene rings is 1. The van der Waals surface area contributed by atoms with E-state index in [-0.39, 0.29) is 0 Å². The Morgan fingerprint density at radius 3 is 2.48 bits per heavy atom. The average molecular weight is 302 g/mol. The molecule has 1 atom stereocenters. The van der Waals surface area contributed by atoms with Gasteiger partial charge in [0.05, 0.1) is 6.04 Å². The normalized spacial score (nSPS) is 24.6. The standard InChI is InChI=1S/C18H26N2S/c1-12(2)13-6-8-14(9-7-13)17(20-19)16-5-3-4-15-10-11-21-18(15)16/h3-5,10-14,17,20H,6-9,19H2,1-2H3. The van der Waals surface area contributed by atoms with Crippen LogP contribution in [0.25, 0.3) is 10.1 Å². The number of thiophene rings is 1. The van der Waals surface area contributed by atoms with Crippen LogP contribution < -0.4 is 11.3 Å². The molecule has 1 unspecified atom stereocenters. The molecular weight excluding hydrogens is 276 g/mol. The summed E-state index contributed by atoms with van der Waals surface area (Å²) in [4.78, 5) is 0. The lowest BCUT2D eigenvalue weighted by Gasteiger charge is -2.35. The van der Waals surface area contributed by atoms with Gasteiger partial charge >= 0.3 is 0 Å². The summed E-state index contributed by atoms with van der Waals surface area (Å²) in [7, 11) is 0. The molecule has 1 fully saturated rings. The fourth-order valence-electron chi connectivity index (χ4n) is 3.89. The zero-order valence-corrected chi connectivity index (χ0v) is 13.8. The molecule has 3 rings (SSSR count). The third-order valence-corrected chi connectivity index (χ3v) is 6.23. The topological polar surface area (TPSA) is 38.0 Å². The summed E-state index contributed by atoms with van der Waals surface area (Å²) < 4.78 is 1.39. The third-order valence-electron chi connectivity index (χ3n) is 5.25. The lowest BCUT2D eigenvalue weighted by Crippen LogP contribution is -2.35. The van der Waals surface area contributed by atoms with E-state index in [0.29, 0.717) is 12.0 Å². The Labute approximate surface area is 131 Å². The zero-order valence-electron chi connectivity index (χ0n) is 13.0. The second-order valence-electron chi connectivity index (χ2n) is 6.75. The van der Waals surface area contributed by atoms with Crippen LogP contribution in [-0.4, -0.2) is 0 Å². The summed E-state index contributed by atoms with van der Waals surface area (Å²) in [6.07, 6.45) is 5.28. The van der Waals surface area contributed by atoms with E-state index >= 15 is 0 Å². The van der Waals surface area contributed by atoms with E-state index in [4.69, 9.17) is 5.84 Å². The number of hydrogen-bond acceptors (Lipinski definition) is 3. The molecule has 0 spiro atoms. The predicted molar refractivity (Wildman–Crippen MR) is 92.2 cm³/mol. The third kappa shape index (κ3) is 3.01. The summed E-state index contributed by atoms with van der Waals surface area (Å²) in [5.74, 6) is 8.32. The molecule has 1 aliphatic rings. The SMILES string of the molecule is CC(C)C1CCC(C(NN)c2cccc3ccsc23)CC1. The number of rotatable bonds is 4. The minimum Gasteiger partial charge on any atom is -0.271 e. The highest BCUT2D eigenvalue weighted by Crippen LogP contribution is 2.41. The molecule has 1 saturated carbocycles. The van der Waals surface area contributed by atoms with Crippen LogP contribution in [0.4, 0.5) is 0 Å². The van der Waals surface area contributed by atoms with Crippen molar-refractivity contribution in [2.45, 2.75) is 45.6 Å². The van der Waals surface area contributed by atoms with Crippen molar-refractivity contribution in [3.63, 3.8) is 0 Å². The van der Waals surface area contributed by atoms with Gasteiger partial charge in [-0.1, -0.05) is 32.0 Å². The number of hydrogen-bond donors (Lipinski definition) is 2. The molecular formula is C18H26N2S. The largest absolute Gasteiger partial charge is 0.271 e. The molecule has 0 saturated heterocycles. The van der Waals surface area contributed by atoms with E-state index in [1.165, 1.54) is 41.3 Å². The van der Waals surface area contributed by atoms with Crippen molar-refractivity contribution in [2.24, 2.45) is 23.6 Å². The van der Waals surface area contributed by atoms with Crippen LogP contribution in [0.2, 0.25) is 0 Å². The van der Waals surface area contributed by atoms with Gasteiger partial charge in [-0.3, -0.25) is 11.3 Å². The molecule has 1 aromatic carbocycles. The Balaban J connectivity index is 1.81. The molecule has 0 amide bonds. The average Bonchev–Trinajstić information content (AvgIpc) is 2.98. The van der Waals surface area contributed by atoms with E-state index in [2.05, 4.69) is 48.9 Å². The minimum atomic E-state index is 0.292. The maximum Gasteiger partial charge on any atom is 0.0502 e. The second kappa shape index (κ2) is 6.47. The van der Waals surface area contributed by atoms with Crippen molar-refractivity contribution >= 4 is 21.4 Å². The number of nitrogens with one attached hydrogen (secondary N) is 1. The van der Waals surface area contributed by atoms with E-state index in [1.807, 2.05) is 11.3 Å². The summed E-state index contributed by atoms with van der Waals surface area (Å²) in [5, 5.41) is 3.52. The molecule has 0 aliphatic heterocycles. The lowest BCUT2D eigenvalue weighted by atomic mass is 9.73. The van der Waals surface area contributed by atoms with Crippen LogP contribution in [0.3, 0.4) is 0 Å². The van der Waals surface area contributed by atoms with Crippen LogP contribution in [0.15, 0.2) is 29.6 Å². The first kappa shape index (κ1) is 15.0. The highest BCUT2D eigenvalue weighted by molar-refractivity contribution is 7.17. The minimum absolute atomic E-state index is 0.292. The van der Waals surface area contributed by atoms with E-state index in [1.54, 1.807) is 0 Å². The van der Waals surface area contributed by atoms with Gasteiger partial charge in [0.2, 0.25) is 0 Å². The molecule has 1 aliphatic carbocycles. The maximum absolute atomic E-state index is 5.94. The Kier molecular flexibility index (Phi) is 4.63.